The van der Waals surface area contributed by atoms with Crippen molar-refractivity contribution >= 4 is 33.1 Å². The van der Waals surface area contributed by atoms with Crippen molar-refractivity contribution in [3.05, 3.63) is 39.0 Å². The third-order valence-corrected chi connectivity index (χ3v) is 3.62. The number of nitrogens with two attached hydrogens (primary N) is 1. The number of halogens is 1. The van der Waals surface area contributed by atoms with Gasteiger partial charge >= 0.3 is 0 Å². The fourth-order valence-electron chi connectivity index (χ4n) is 1.32. The molecule has 16 heavy (non-hydrogen) atoms. The summed E-state index contributed by atoms with van der Waals surface area (Å²) in [4.78, 5) is 5.19. The monoisotopic (exact) mass is 300 g/mol. The number of amidine groups is 1. The molecule has 0 fully saturated rings. The number of oxime groups is 1. The first-order chi connectivity index (χ1) is 7.70. The van der Waals surface area contributed by atoms with E-state index in [1.54, 1.807) is 23.7 Å². The number of hydrogen-bond donors (Lipinski definition) is 2. The van der Waals surface area contributed by atoms with E-state index < -0.39 is 0 Å². The molecule has 0 spiro atoms. The van der Waals surface area contributed by atoms with Crippen LogP contribution in [0.2, 0.25) is 0 Å². The second kappa shape index (κ2) is 4.67. The fourth-order valence-corrected chi connectivity index (χ4v) is 2.80. The lowest BCUT2D eigenvalue weighted by Gasteiger charge is -2.04. The quantitative estimate of drug-likeness (QED) is 0.393. The highest BCUT2D eigenvalue weighted by Gasteiger charge is 2.08. The van der Waals surface area contributed by atoms with Crippen LogP contribution in [0.15, 0.2) is 33.5 Å². The number of rotatable bonds is 3. The van der Waals surface area contributed by atoms with Gasteiger partial charge in [0.25, 0.3) is 0 Å². The summed E-state index contributed by atoms with van der Waals surface area (Å²) in [5.74, 6) is 0.479. The normalized spacial score (nSPS) is 11.9. The van der Waals surface area contributed by atoms with Gasteiger partial charge in [-0.05, 0) is 28.1 Å². The van der Waals surface area contributed by atoms with E-state index in [-0.39, 0.29) is 5.84 Å². The Morgan fingerprint density at radius 1 is 1.62 bits per heavy atom. The number of aromatic nitrogens is 2. The lowest BCUT2D eigenvalue weighted by Crippen LogP contribution is -2.19. The molecule has 0 saturated carbocycles. The smallest absolute Gasteiger partial charge is 0.206 e. The Labute approximate surface area is 104 Å². The molecule has 3 N–H and O–H groups in total. The van der Waals surface area contributed by atoms with E-state index in [0.717, 1.165) is 8.66 Å². The maximum absolute atomic E-state index is 8.61. The lowest BCUT2D eigenvalue weighted by atomic mass is 10.4. The number of imidazole rings is 1. The van der Waals surface area contributed by atoms with Crippen LogP contribution in [0.3, 0.4) is 0 Å². The lowest BCUT2D eigenvalue weighted by molar-refractivity contribution is 0.318. The molecular weight excluding hydrogens is 292 g/mol. The molecule has 0 saturated heterocycles. The Morgan fingerprint density at radius 3 is 3.06 bits per heavy atom. The molecule has 0 radical (unpaired) electrons. The van der Waals surface area contributed by atoms with Crippen LogP contribution >= 0.6 is 27.3 Å². The first-order valence-corrected chi connectivity index (χ1v) is 6.05. The van der Waals surface area contributed by atoms with Gasteiger partial charge in [0.2, 0.25) is 5.84 Å². The molecule has 0 atom stereocenters. The Morgan fingerprint density at radius 2 is 2.44 bits per heavy atom. The highest BCUT2D eigenvalue weighted by atomic mass is 79.9. The summed E-state index contributed by atoms with van der Waals surface area (Å²) >= 11 is 5.04. The SMILES string of the molecule is NC(=NO)c1nccn1Cc1ccc(Br)s1. The predicted molar refractivity (Wildman–Crippen MR) is 65.9 cm³/mol. The van der Waals surface area contributed by atoms with Crippen molar-refractivity contribution in [1.82, 2.24) is 9.55 Å². The van der Waals surface area contributed by atoms with Gasteiger partial charge in [0, 0.05) is 17.3 Å². The van der Waals surface area contributed by atoms with Crippen LogP contribution in [0.25, 0.3) is 0 Å². The van der Waals surface area contributed by atoms with Gasteiger partial charge in [-0.1, -0.05) is 5.16 Å². The fraction of sp³-hybridized carbons (Fsp3) is 0.111. The van der Waals surface area contributed by atoms with Crippen molar-refractivity contribution < 1.29 is 5.21 Å². The van der Waals surface area contributed by atoms with Gasteiger partial charge < -0.3 is 15.5 Å². The molecule has 0 aliphatic carbocycles. The standard InChI is InChI=1S/C9H9BrN4OS/c10-7-2-1-6(16-7)5-14-4-3-12-9(14)8(11)13-15/h1-4,15H,5H2,(H2,11,13). The summed E-state index contributed by atoms with van der Waals surface area (Å²) in [7, 11) is 0. The minimum absolute atomic E-state index is 0.0145. The number of nitrogens with zero attached hydrogens (tertiary/aromatic N) is 3. The van der Waals surface area contributed by atoms with Crippen molar-refractivity contribution in [2.45, 2.75) is 6.54 Å². The molecular formula is C9H9BrN4OS. The Kier molecular flexibility index (Phi) is 3.25. The van der Waals surface area contributed by atoms with Crippen LogP contribution < -0.4 is 5.73 Å². The number of thiophene rings is 1. The van der Waals surface area contributed by atoms with Crippen LogP contribution in [0.1, 0.15) is 10.7 Å². The molecule has 0 unspecified atom stereocenters. The van der Waals surface area contributed by atoms with Gasteiger partial charge in [-0.2, -0.15) is 0 Å². The zero-order chi connectivity index (χ0) is 11.5. The summed E-state index contributed by atoms with van der Waals surface area (Å²) in [6.45, 7) is 0.655. The second-order valence-electron chi connectivity index (χ2n) is 3.07. The summed E-state index contributed by atoms with van der Waals surface area (Å²) in [5, 5.41) is 11.5. The molecule has 0 aliphatic heterocycles. The van der Waals surface area contributed by atoms with E-state index in [4.69, 9.17) is 10.9 Å². The second-order valence-corrected chi connectivity index (χ2v) is 5.62. The van der Waals surface area contributed by atoms with Crippen molar-refractivity contribution in [1.29, 1.82) is 0 Å². The summed E-state index contributed by atoms with van der Waals surface area (Å²) in [6, 6.07) is 4.00. The maximum Gasteiger partial charge on any atom is 0.206 e. The molecule has 5 nitrogen and oxygen atoms in total. The topological polar surface area (TPSA) is 76.4 Å². The summed E-state index contributed by atoms with van der Waals surface area (Å²) in [6.07, 6.45) is 3.41. The van der Waals surface area contributed by atoms with Gasteiger partial charge in [0.05, 0.1) is 10.3 Å². The van der Waals surface area contributed by atoms with E-state index in [1.807, 2.05) is 16.7 Å². The largest absolute Gasteiger partial charge is 0.409 e. The average molecular weight is 301 g/mol. The molecule has 2 rings (SSSR count). The average Bonchev–Trinajstić information content (AvgIpc) is 2.87. The summed E-state index contributed by atoms with van der Waals surface area (Å²) < 4.78 is 2.90. The van der Waals surface area contributed by atoms with Gasteiger partial charge in [-0.15, -0.1) is 11.3 Å². The molecule has 2 aromatic heterocycles. The maximum atomic E-state index is 8.61. The molecule has 2 heterocycles. The third kappa shape index (κ3) is 2.25. The minimum atomic E-state index is 0.0145. The van der Waals surface area contributed by atoms with Crippen LogP contribution in [0.5, 0.6) is 0 Å². The van der Waals surface area contributed by atoms with Crippen molar-refractivity contribution in [3.8, 4) is 0 Å². The zero-order valence-electron chi connectivity index (χ0n) is 8.17. The molecule has 0 aromatic carbocycles. The highest BCUT2D eigenvalue weighted by molar-refractivity contribution is 9.11. The summed E-state index contributed by atoms with van der Waals surface area (Å²) in [5.41, 5.74) is 5.51. The van der Waals surface area contributed by atoms with Crippen LogP contribution in [-0.2, 0) is 6.54 Å². The van der Waals surface area contributed by atoms with E-state index in [1.165, 1.54) is 0 Å². The van der Waals surface area contributed by atoms with Crippen molar-refractivity contribution in [2.24, 2.45) is 10.9 Å². The van der Waals surface area contributed by atoms with Crippen LogP contribution in [0, 0.1) is 0 Å². The van der Waals surface area contributed by atoms with Crippen LogP contribution in [0.4, 0.5) is 0 Å². The van der Waals surface area contributed by atoms with E-state index in [0.29, 0.717) is 12.4 Å². The first kappa shape index (κ1) is 11.2. The Balaban J connectivity index is 2.25. The Hall–Kier alpha value is -1.34. The molecule has 84 valence electrons. The molecule has 2 aromatic rings. The van der Waals surface area contributed by atoms with Gasteiger partial charge in [-0.3, -0.25) is 0 Å². The van der Waals surface area contributed by atoms with Crippen LogP contribution in [-0.4, -0.2) is 20.6 Å². The molecule has 0 amide bonds. The van der Waals surface area contributed by atoms with E-state index >= 15 is 0 Å². The highest BCUT2D eigenvalue weighted by Crippen LogP contribution is 2.23. The number of hydrogen-bond acceptors (Lipinski definition) is 4. The van der Waals surface area contributed by atoms with Gasteiger partial charge in [0.15, 0.2) is 5.82 Å². The van der Waals surface area contributed by atoms with E-state index in [2.05, 4.69) is 26.1 Å². The first-order valence-electron chi connectivity index (χ1n) is 4.44. The third-order valence-electron chi connectivity index (χ3n) is 2.01. The molecule has 0 aliphatic rings. The Bertz CT molecular complexity index is 519. The zero-order valence-corrected chi connectivity index (χ0v) is 10.6. The molecule has 0 bridgehead atoms. The minimum Gasteiger partial charge on any atom is -0.409 e. The van der Waals surface area contributed by atoms with Crippen molar-refractivity contribution in [2.75, 3.05) is 0 Å². The van der Waals surface area contributed by atoms with Crippen molar-refractivity contribution in [3.63, 3.8) is 0 Å². The molecule has 7 heteroatoms. The predicted octanol–water partition coefficient (Wildman–Crippen LogP) is 1.85. The van der Waals surface area contributed by atoms with E-state index in [9.17, 15) is 0 Å². The van der Waals surface area contributed by atoms with Gasteiger partial charge in [-0.25, -0.2) is 4.98 Å². The van der Waals surface area contributed by atoms with Gasteiger partial charge in [0.1, 0.15) is 0 Å².